The Morgan fingerprint density at radius 1 is 1.41 bits per heavy atom. The highest BCUT2D eigenvalue weighted by molar-refractivity contribution is 5.58. The van der Waals surface area contributed by atoms with Gasteiger partial charge in [-0.1, -0.05) is 0 Å². The second-order valence-electron chi connectivity index (χ2n) is 5.03. The molecule has 2 rings (SSSR count). The molecular formula is C13H22O4. The van der Waals surface area contributed by atoms with Gasteiger partial charge in [0.1, 0.15) is 6.29 Å². The number of carbonyl (C=O) groups is 1. The molecule has 0 saturated carbocycles. The molecule has 2 aliphatic rings. The second-order valence-corrected chi connectivity index (χ2v) is 5.03. The van der Waals surface area contributed by atoms with Gasteiger partial charge < -0.3 is 19.0 Å². The van der Waals surface area contributed by atoms with Crippen LogP contribution in [0.4, 0.5) is 0 Å². The lowest BCUT2D eigenvalue weighted by molar-refractivity contribution is -0.183. The van der Waals surface area contributed by atoms with Crippen molar-refractivity contribution in [1.29, 1.82) is 0 Å². The Labute approximate surface area is 103 Å². The van der Waals surface area contributed by atoms with Gasteiger partial charge in [0.25, 0.3) is 0 Å². The highest BCUT2D eigenvalue weighted by atomic mass is 16.7. The van der Waals surface area contributed by atoms with Crippen LogP contribution in [0.15, 0.2) is 0 Å². The maximum absolute atomic E-state index is 11.3. The molecule has 4 atom stereocenters. The summed E-state index contributed by atoms with van der Waals surface area (Å²) in [5.41, 5.74) is -0.302. The second kappa shape index (κ2) is 5.04. The van der Waals surface area contributed by atoms with Gasteiger partial charge in [-0.3, -0.25) is 0 Å². The summed E-state index contributed by atoms with van der Waals surface area (Å²) >= 11 is 0. The summed E-state index contributed by atoms with van der Waals surface area (Å²) in [6.07, 6.45) is 2.78. The van der Waals surface area contributed by atoms with E-state index in [4.69, 9.17) is 14.2 Å². The topological polar surface area (TPSA) is 44.8 Å². The van der Waals surface area contributed by atoms with Gasteiger partial charge >= 0.3 is 0 Å². The summed E-state index contributed by atoms with van der Waals surface area (Å²) in [5.74, 6) is -0.0597. The van der Waals surface area contributed by atoms with Crippen molar-refractivity contribution in [3.8, 4) is 0 Å². The molecule has 0 spiro atoms. The maximum atomic E-state index is 11.3. The first kappa shape index (κ1) is 13.0. The molecule has 0 aromatic carbocycles. The van der Waals surface area contributed by atoms with Crippen molar-refractivity contribution in [2.45, 2.75) is 51.6 Å². The molecule has 2 bridgehead atoms. The first-order valence-corrected chi connectivity index (χ1v) is 6.52. The highest BCUT2D eigenvalue weighted by Crippen LogP contribution is 2.51. The maximum Gasteiger partial charge on any atom is 0.163 e. The summed E-state index contributed by atoms with van der Waals surface area (Å²) in [6.45, 7) is 7.10. The Hall–Kier alpha value is -0.450. The number of hydrogen-bond donors (Lipinski definition) is 0. The van der Waals surface area contributed by atoms with E-state index in [1.807, 2.05) is 20.8 Å². The quantitative estimate of drug-likeness (QED) is 0.526. The number of aldehydes is 1. The molecule has 2 fully saturated rings. The highest BCUT2D eigenvalue weighted by Gasteiger charge is 2.59. The minimum atomic E-state index is -0.313. The SMILES string of the molecule is CCOC(OCC)[C@@H]1[C@@H]2CC[C@@](C)(O2)[C@@H]1C=O. The predicted molar refractivity (Wildman–Crippen MR) is 62.6 cm³/mol. The van der Waals surface area contributed by atoms with Crippen LogP contribution in [0.2, 0.25) is 0 Å². The van der Waals surface area contributed by atoms with Gasteiger partial charge in [-0.2, -0.15) is 0 Å². The van der Waals surface area contributed by atoms with E-state index < -0.39 is 0 Å². The fourth-order valence-corrected chi connectivity index (χ4v) is 3.23. The normalized spacial score (nSPS) is 40.1. The van der Waals surface area contributed by atoms with E-state index in [1.165, 1.54) is 0 Å². The van der Waals surface area contributed by atoms with Crippen LogP contribution >= 0.6 is 0 Å². The van der Waals surface area contributed by atoms with Gasteiger partial charge in [0.15, 0.2) is 6.29 Å². The Morgan fingerprint density at radius 2 is 2.06 bits per heavy atom. The van der Waals surface area contributed by atoms with E-state index in [0.29, 0.717) is 13.2 Å². The van der Waals surface area contributed by atoms with Gasteiger partial charge in [0, 0.05) is 19.1 Å². The van der Waals surface area contributed by atoms with Gasteiger partial charge in [-0.25, -0.2) is 0 Å². The largest absolute Gasteiger partial charge is 0.371 e. The fraction of sp³-hybridized carbons (Fsp3) is 0.923. The summed E-state index contributed by atoms with van der Waals surface area (Å²) < 4.78 is 17.2. The van der Waals surface area contributed by atoms with Gasteiger partial charge in [-0.15, -0.1) is 0 Å². The summed E-state index contributed by atoms with van der Waals surface area (Å²) in [4.78, 5) is 11.3. The van der Waals surface area contributed by atoms with Crippen molar-refractivity contribution < 1.29 is 19.0 Å². The van der Waals surface area contributed by atoms with Crippen molar-refractivity contribution >= 4 is 6.29 Å². The monoisotopic (exact) mass is 242 g/mol. The Kier molecular flexibility index (Phi) is 3.85. The van der Waals surface area contributed by atoms with E-state index in [1.54, 1.807) is 0 Å². The van der Waals surface area contributed by atoms with Crippen LogP contribution in [-0.4, -0.2) is 37.5 Å². The lowest BCUT2D eigenvalue weighted by Crippen LogP contribution is -2.43. The number of hydrogen-bond acceptors (Lipinski definition) is 4. The van der Waals surface area contributed by atoms with E-state index in [0.717, 1.165) is 19.1 Å². The molecule has 4 nitrogen and oxygen atoms in total. The molecule has 98 valence electrons. The first-order valence-electron chi connectivity index (χ1n) is 6.52. The van der Waals surface area contributed by atoms with Crippen molar-refractivity contribution in [1.82, 2.24) is 0 Å². The fourth-order valence-electron chi connectivity index (χ4n) is 3.23. The molecule has 17 heavy (non-hydrogen) atoms. The third kappa shape index (κ3) is 2.14. The van der Waals surface area contributed by atoms with Crippen LogP contribution in [0.1, 0.15) is 33.6 Å². The molecule has 0 radical (unpaired) electrons. The molecule has 0 aromatic heterocycles. The van der Waals surface area contributed by atoms with E-state index in [9.17, 15) is 4.79 Å². The molecule has 2 heterocycles. The van der Waals surface area contributed by atoms with Gasteiger partial charge in [0.05, 0.1) is 17.6 Å². The number of fused-ring (bicyclic) bond motifs is 2. The van der Waals surface area contributed by atoms with E-state index in [-0.39, 0.29) is 29.8 Å². The number of carbonyl (C=O) groups excluding carboxylic acids is 1. The molecule has 0 N–H and O–H groups in total. The van der Waals surface area contributed by atoms with Crippen LogP contribution in [0, 0.1) is 11.8 Å². The van der Waals surface area contributed by atoms with Crippen LogP contribution in [0.3, 0.4) is 0 Å². The minimum absolute atomic E-state index is 0.0474. The lowest BCUT2D eigenvalue weighted by Gasteiger charge is -2.34. The van der Waals surface area contributed by atoms with Crippen molar-refractivity contribution in [3.63, 3.8) is 0 Å². The minimum Gasteiger partial charge on any atom is -0.371 e. The molecule has 0 unspecified atom stereocenters. The molecule has 4 heteroatoms. The smallest absolute Gasteiger partial charge is 0.163 e. The Balaban J connectivity index is 2.15. The van der Waals surface area contributed by atoms with Crippen LogP contribution in [0.25, 0.3) is 0 Å². The summed E-state index contributed by atoms with van der Waals surface area (Å²) in [7, 11) is 0. The zero-order valence-electron chi connectivity index (χ0n) is 10.8. The predicted octanol–water partition coefficient (Wildman–Crippen LogP) is 1.77. The molecule has 2 aliphatic heterocycles. The lowest BCUT2D eigenvalue weighted by atomic mass is 9.73. The molecule has 0 aromatic rings. The van der Waals surface area contributed by atoms with Crippen LogP contribution in [0.5, 0.6) is 0 Å². The third-order valence-electron chi connectivity index (χ3n) is 4.02. The molecule has 2 saturated heterocycles. The third-order valence-corrected chi connectivity index (χ3v) is 4.02. The summed E-state index contributed by atoms with van der Waals surface area (Å²) in [6, 6.07) is 0. The molecule has 0 amide bonds. The van der Waals surface area contributed by atoms with Gasteiger partial charge in [-0.05, 0) is 33.6 Å². The Morgan fingerprint density at radius 3 is 2.59 bits per heavy atom. The number of rotatable bonds is 6. The zero-order chi connectivity index (χ0) is 12.5. The molecule has 0 aliphatic carbocycles. The standard InChI is InChI=1S/C13H22O4/c1-4-15-12(16-5-2)11-9(8-14)13(3)7-6-10(11)17-13/h8-12H,4-7H2,1-3H3/t9-,10+,11+,13-/m1/s1. The van der Waals surface area contributed by atoms with Crippen molar-refractivity contribution in [2.75, 3.05) is 13.2 Å². The zero-order valence-corrected chi connectivity index (χ0v) is 10.8. The van der Waals surface area contributed by atoms with Gasteiger partial charge in [0.2, 0.25) is 0 Å². The first-order chi connectivity index (χ1) is 8.16. The number of ether oxygens (including phenoxy) is 3. The van der Waals surface area contributed by atoms with Crippen LogP contribution < -0.4 is 0 Å². The summed E-state index contributed by atoms with van der Waals surface area (Å²) in [5, 5.41) is 0. The van der Waals surface area contributed by atoms with Crippen molar-refractivity contribution in [3.05, 3.63) is 0 Å². The van der Waals surface area contributed by atoms with E-state index >= 15 is 0 Å². The van der Waals surface area contributed by atoms with Crippen LogP contribution in [-0.2, 0) is 19.0 Å². The average Bonchev–Trinajstić information content (AvgIpc) is 2.81. The van der Waals surface area contributed by atoms with Crippen molar-refractivity contribution in [2.24, 2.45) is 11.8 Å². The molecular weight excluding hydrogens is 220 g/mol. The Bertz CT molecular complexity index is 275. The average molecular weight is 242 g/mol. The van der Waals surface area contributed by atoms with E-state index in [2.05, 4.69) is 0 Å².